The van der Waals surface area contributed by atoms with Crippen LogP contribution in [0.4, 0.5) is 5.13 Å². The number of carbonyl (C=O) groups is 1. The van der Waals surface area contributed by atoms with Crippen molar-refractivity contribution < 1.29 is 4.79 Å². The van der Waals surface area contributed by atoms with Crippen molar-refractivity contribution in [1.29, 1.82) is 0 Å². The first-order valence-corrected chi connectivity index (χ1v) is 10.4. The number of hydrogen-bond acceptors (Lipinski definition) is 5. The molecule has 0 aliphatic heterocycles. The number of aromatic nitrogens is 2. The van der Waals surface area contributed by atoms with Gasteiger partial charge in [-0.25, -0.2) is 4.98 Å². The van der Waals surface area contributed by atoms with E-state index < -0.39 is 0 Å². The van der Waals surface area contributed by atoms with E-state index in [1.807, 2.05) is 42.6 Å². The first kappa shape index (κ1) is 18.3. The molecule has 2 aromatic carbocycles. The zero-order chi connectivity index (χ0) is 19.5. The second-order valence-electron chi connectivity index (χ2n) is 6.26. The molecule has 1 N–H and O–H groups in total. The molecule has 0 spiro atoms. The monoisotopic (exact) mass is 407 g/mol. The molecule has 2 heterocycles. The number of rotatable bonds is 5. The third kappa shape index (κ3) is 3.95. The maximum absolute atomic E-state index is 12.2. The van der Waals surface area contributed by atoms with Crippen molar-refractivity contribution in [2.24, 2.45) is 0 Å². The van der Waals surface area contributed by atoms with E-state index >= 15 is 0 Å². The molecule has 1 amide bonds. The number of amides is 1. The Kier molecular flexibility index (Phi) is 5.18. The molecule has 0 aliphatic rings. The van der Waals surface area contributed by atoms with E-state index in [0.717, 1.165) is 33.9 Å². The maximum atomic E-state index is 12.2. The van der Waals surface area contributed by atoms with E-state index in [0.29, 0.717) is 5.13 Å². The largest absolute Gasteiger partial charge is 0.307 e. The predicted octanol–water partition coefficient (Wildman–Crippen LogP) is 4.65. The van der Waals surface area contributed by atoms with Crippen LogP contribution in [0.15, 0.2) is 70.2 Å². The van der Waals surface area contributed by atoms with Gasteiger partial charge in [-0.1, -0.05) is 65.9 Å². The van der Waals surface area contributed by atoms with E-state index in [1.165, 1.54) is 21.5 Å². The Hall–Kier alpha value is -3.03. The fraction of sp³-hybridized carbons (Fsp3) is 0.0952. The number of nitrogens with zero attached hydrogens (tertiary/aromatic N) is 2. The van der Waals surface area contributed by atoms with Gasteiger partial charge in [0.15, 0.2) is 5.13 Å². The zero-order valence-corrected chi connectivity index (χ0v) is 16.7. The molecule has 4 aromatic rings. The summed E-state index contributed by atoms with van der Waals surface area (Å²) in [5.41, 5.74) is 4.89. The first-order chi connectivity index (χ1) is 13.6. The Balaban J connectivity index is 1.45. The summed E-state index contributed by atoms with van der Waals surface area (Å²) in [7, 11) is 0. The lowest BCUT2D eigenvalue weighted by Gasteiger charge is -2.04. The van der Waals surface area contributed by atoms with Crippen molar-refractivity contribution in [3.8, 4) is 22.4 Å². The second-order valence-corrected chi connectivity index (χ2v) is 7.94. The molecule has 28 heavy (non-hydrogen) atoms. The summed E-state index contributed by atoms with van der Waals surface area (Å²) in [6.07, 6.45) is 0. The summed E-state index contributed by atoms with van der Waals surface area (Å²) in [4.78, 5) is 28.3. The molecular weight excluding hydrogens is 390 g/mol. The van der Waals surface area contributed by atoms with Crippen molar-refractivity contribution >= 4 is 33.7 Å². The highest BCUT2D eigenvalue weighted by molar-refractivity contribution is 7.14. The molecule has 0 unspecified atom stereocenters. The Morgan fingerprint density at radius 3 is 2.32 bits per heavy atom. The van der Waals surface area contributed by atoms with Crippen LogP contribution in [0.5, 0.6) is 0 Å². The van der Waals surface area contributed by atoms with Gasteiger partial charge in [0.25, 0.3) is 0 Å². The number of hydrogen-bond donors (Lipinski definition) is 1. The van der Waals surface area contributed by atoms with Crippen LogP contribution in [0.1, 0.15) is 5.69 Å². The summed E-state index contributed by atoms with van der Waals surface area (Å²) in [6, 6.07) is 18.4. The lowest BCUT2D eigenvalue weighted by Crippen LogP contribution is -2.25. The fourth-order valence-electron chi connectivity index (χ4n) is 2.83. The quantitative estimate of drug-likeness (QED) is 0.524. The van der Waals surface area contributed by atoms with Gasteiger partial charge in [0.2, 0.25) is 5.91 Å². The van der Waals surface area contributed by atoms with Crippen LogP contribution in [0.25, 0.3) is 22.4 Å². The summed E-state index contributed by atoms with van der Waals surface area (Å²) in [5.74, 6) is -0.260. The average molecular weight is 408 g/mol. The summed E-state index contributed by atoms with van der Waals surface area (Å²) < 4.78 is 1.46. The van der Waals surface area contributed by atoms with Gasteiger partial charge in [-0.3, -0.25) is 14.2 Å². The smallest absolute Gasteiger partial charge is 0.300 e. The number of benzene rings is 2. The average Bonchev–Trinajstić information content (AvgIpc) is 3.31. The number of nitrogens with one attached hydrogen (secondary N) is 1. The normalized spacial score (nSPS) is 10.8. The van der Waals surface area contributed by atoms with Crippen LogP contribution in [0, 0.1) is 6.92 Å². The van der Waals surface area contributed by atoms with E-state index in [-0.39, 0.29) is 17.3 Å². The molecule has 7 heteroatoms. The number of carbonyl (C=O) groups excluding carboxylic acids is 1. The lowest BCUT2D eigenvalue weighted by atomic mass is 10.0. The van der Waals surface area contributed by atoms with Gasteiger partial charge in [0.1, 0.15) is 6.54 Å². The Bertz CT molecular complexity index is 1160. The molecular formula is C21H17N3O2S2. The first-order valence-electron chi connectivity index (χ1n) is 8.66. The number of aryl methyl sites for hydroxylation is 1. The molecule has 0 radical (unpaired) electrons. The van der Waals surface area contributed by atoms with Crippen LogP contribution < -0.4 is 10.2 Å². The molecule has 5 nitrogen and oxygen atoms in total. The number of anilines is 1. The highest BCUT2D eigenvalue weighted by atomic mass is 32.1. The van der Waals surface area contributed by atoms with Crippen molar-refractivity contribution in [3.05, 3.63) is 80.7 Å². The highest BCUT2D eigenvalue weighted by Crippen LogP contribution is 2.27. The van der Waals surface area contributed by atoms with E-state index in [4.69, 9.17) is 0 Å². The van der Waals surface area contributed by atoms with Crippen molar-refractivity contribution in [1.82, 2.24) is 9.55 Å². The SMILES string of the molecule is Cc1csc(=O)n1CC(=O)Nc1nc(-c2ccc(-c3ccccc3)cc2)cs1. The highest BCUT2D eigenvalue weighted by Gasteiger charge is 2.11. The summed E-state index contributed by atoms with van der Waals surface area (Å²) in [5, 5.41) is 6.95. The standard InChI is InChI=1S/C21H17N3O2S2/c1-14-12-28-21(26)24(14)11-19(25)23-20-22-18(13-27-20)17-9-7-16(8-10-17)15-5-3-2-4-6-15/h2-10,12-13H,11H2,1H3,(H,22,23,25). The molecule has 0 bridgehead atoms. The molecule has 0 saturated carbocycles. The minimum absolute atomic E-state index is 0.00511. The van der Waals surface area contributed by atoms with E-state index in [9.17, 15) is 9.59 Å². The van der Waals surface area contributed by atoms with Gasteiger partial charge >= 0.3 is 4.87 Å². The van der Waals surface area contributed by atoms with E-state index in [2.05, 4.69) is 34.6 Å². The molecule has 4 rings (SSSR count). The van der Waals surface area contributed by atoms with Gasteiger partial charge in [-0.05, 0) is 18.1 Å². The van der Waals surface area contributed by atoms with Crippen LogP contribution in [-0.2, 0) is 11.3 Å². The van der Waals surface area contributed by atoms with Crippen molar-refractivity contribution in [2.45, 2.75) is 13.5 Å². The molecule has 0 aliphatic carbocycles. The molecule has 0 fully saturated rings. The molecule has 0 saturated heterocycles. The molecule has 140 valence electrons. The zero-order valence-electron chi connectivity index (χ0n) is 15.1. The van der Waals surface area contributed by atoms with Crippen LogP contribution in [0.2, 0.25) is 0 Å². The van der Waals surface area contributed by atoms with Gasteiger partial charge in [-0.2, -0.15) is 0 Å². The maximum Gasteiger partial charge on any atom is 0.307 e. The Morgan fingerprint density at radius 2 is 1.64 bits per heavy atom. The topological polar surface area (TPSA) is 64.0 Å². The minimum Gasteiger partial charge on any atom is -0.300 e. The second kappa shape index (κ2) is 7.92. The lowest BCUT2D eigenvalue weighted by molar-refractivity contribution is -0.116. The minimum atomic E-state index is -0.260. The number of thiazole rings is 2. The van der Waals surface area contributed by atoms with Crippen LogP contribution in [-0.4, -0.2) is 15.5 Å². The summed E-state index contributed by atoms with van der Waals surface area (Å²) >= 11 is 2.46. The Labute approximate surface area is 170 Å². The van der Waals surface area contributed by atoms with Crippen LogP contribution in [0.3, 0.4) is 0 Å². The predicted molar refractivity (Wildman–Crippen MR) is 115 cm³/mol. The van der Waals surface area contributed by atoms with Crippen LogP contribution >= 0.6 is 22.7 Å². The molecule has 2 aromatic heterocycles. The summed E-state index contributed by atoms with van der Waals surface area (Å²) in [6.45, 7) is 1.81. The van der Waals surface area contributed by atoms with Gasteiger partial charge in [-0.15, -0.1) is 11.3 Å². The van der Waals surface area contributed by atoms with E-state index in [1.54, 1.807) is 5.38 Å². The third-order valence-corrected chi connectivity index (χ3v) is 5.96. The van der Waals surface area contributed by atoms with Crippen molar-refractivity contribution in [2.75, 3.05) is 5.32 Å². The Morgan fingerprint density at radius 1 is 0.964 bits per heavy atom. The fourth-order valence-corrected chi connectivity index (χ4v) is 4.30. The van der Waals surface area contributed by atoms with Crippen molar-refractivity contribution in [3.63, 3.8) is 0 Å². The van der Waals surface area contributed by atoms with Gasteiger partial charge in [0.05, 0.1) is 5.69 Å². The van der Waals surface area contributed by atoms with Gasteiger partial charge < -0.3 is 5.32 Å². The van der Waals surface area contributed by atoms with Gasteiger partial charge in [0, 0.05) is 22.0 Å². The third-order valence-electron chi connectivity index (χ3n) is 4.32. The molecule has 0 atom stereocenters.